The summed E-state index contributed by atoms with van der Waals surface area (Å²) >= 11 is 0. The van der Waals surface area contributed by atoms with Crippen LogP contribution in [0.1, 0.15) is 24.5 Å². The molecule has 0 spiro atoms. The Morgan fingerprint density at radius 2 is 1.81 bits per heavy atom. The first kappa shape index (κ1) is 12.7. The molecule has 0 unspecified atom stereocenters. The first-order valence-electron chi connectivity index (χ1n) is 5.42. The molecule has 0 aromatic heterocycles. The van der Waals surface area contributed by atoms with Crippen LogP contribution < -0.4 is 0 Å². The summed E-state index contributed by atoms with van der Waals surface area (Å²) in [5.74, 6) is 0. The largest absolute Gasteiger partial charge is 0.389 e. The van der Waals surface area contributed by atoms with Gasteiger partial charge in [-0.2, -0.15) is 0 Å². The fraction of sp³-hybridized carbons (Fsp3) is 0.286. The van der Waals surface area contributed by atoms with Crippen LogP contribution in [0.15, 0.2) is 55.1 Å². The van der Waals surface area contributed by atoms with E-state index in [1.54, 1.807) is 18.2 Å². The summed E-state index contributed by atoms with van der Waals surface area (Å²) in [5.41, 5.74) is 0.894. The number of aliphatic hydroxyl groups is 2. The van der Waals surface area contributed by atoms with Crippen LogP contribution in [0.2, 0.25) is 0 Å². The van der Waals surface area contributed by atoms with Crippen molar-refractivity contribution in [1.29, 1.82) is 0 Å². The van der Waals surface area contributed by atoms with E-state index >= 15 is 0 Å². The molecule has 0 saturated carbocycles. The molecule has 2 atom stereocenters. The number of benzene rings is 1. The predicted octanol–water partition coefficient (Wildman–Crippen LogP) is 2.60. The van der Waals surface area contributed by atoms with Crippen molar-refractivity contribution in [3.8, 4) is 0 Å². The van der Waals surface area contributed by atoms with E-state index in [1.807, 2.05) is 30.3 Å². The summed E-state index contributed by atoms with van der Waals surface area (Å²) in [4.78, 5) is 0. The number of rotatable bonds is 6. The first-order valence-corrected chi connectivity index (χ1v) is 5.42. The summed E-state index contributed by atoms with van der Waals surface area (Å²) in [7, 11) is 0. The molecule has 1 aromatic carbocycles. The van der Waals surface area contributed by atoms with Gasteiger partial charge in [-0.05, 0) is 18.4 Å². The average molecular weight is 218 g/mol. The van der Waals surface area contributed by atoms with Gasteiger partial charge in [0.15, 0.2) is 0 Å². The van der Waals surface area contributed by atoms with Gasteiger partial charge in [-0.25, -0.2) is 0 Å². The third-order valence-electron chi connectivity index (χ3n) is 2.31. The summed E-state index contributed by atoms with van der Waals surface area (Å²) < 4.78 is 0. The monoisotopic (exact) mass is 218 g/mol. The fourth-order valence-corrected chi connectivity index (χ4v) is 1.43. The van der Waals surface area contributed by atoms with Crippen LogP contribution in [0.4, 0.5) is 0 Å². The number of hydrogen-bond donors (Lipinski definition) is 2. The standard InChI is InChI=1S/C14H18O2/c1-2-7-13(15)10-6-11-14(16)12-8-4-3-5-9-12/h2-6,8-10,13-16H,1,7,11H2/b10-6+/t13-,14-/m0/s1. The Hall–Kier alpha value is -1.38. The summed E-state index contributed by atoms with van der Waals surface area (Å²) in [5, 5.41) is 19.2. The zero-order valence-corrected chi connectivity index (χ0v) is 9.29. The molecule has 2 N–H and O–H groups in total. The Bertz CT molecular complexity index is 330. The lowest BCUT2D eigenvalue weighted by molar-refractivity contribution is 0.180. The Morgan fingerprint density at radius 1 is 1.12 bits per heavy atom. The molecule has 16 heavy (non-hydrogen) atoms. The van der Waals surface area contributed by atoms with Crippen LogP contribution in [0.3, 0.4) is 0 Å². The van der Waals surface area contributed by atoms with Gasteiger partial charge < -0.3 is 10.2 Å². The molecule has 2 heteroatoms. The van der Waals surface area contributed by atoms with E-state index in [2.05, 4.69) is 6.58 Å². The van der Waals surface area contributed by atoms with E-state index in [-0.39, 0.29) is 0 Å². The second-order valence-corrected chi connectivity index (χ2v) is 3.68. The highest BCUT2D eigenvalue weighted by molar-refractivity contribution is 5.18. The van der Waals surface area contributed by atoms with E-state index in [4.69, 9.17) is 0 Å². The van der Waals surface area contributed by atoms with Gasteiger partial charge in [-0.3, -0.25) is 0 Å². The lowest BCUT2D eigenvalue weighted by Crippen LogP contribution is -2.00. The maximum absolute atomic E-state index is 9.81. The molecule has 2 nitrogen and oxygen atoms in total. The maximum Gasteiger partial charge on any atom is 0.0824 e. The van der Waals surface area contributed by atoms with Gasteiger partial charge in [0.2, 0.25) is 0 Å². The van der Waals surface area contributed by atoms with Gasteiger partial charge in [-0.1, -0.05) is 48.6 Å². The molecular weight excluding hydrogens is 200 g/mol. The quantitative estimate of drug-likeness (QED) is 0.720. The third kappa shape index (κ3) is 4.43. The van der Waals surface area contributed by atoms with Crippen LogP contribution in [-0.2, 0) is 0 Å². The minimum atomic E-state index is -0.506. The van der Waals surface area contributed by atoms with E-state index in [0.717, 1.165) is 5.56 Å². The summed E-state index contributed by atoms with van der Waals surface area (Å²) in [6, 6.07) is 9.49. The van der Waals surface area contributed by atoms with Gasteiger partial charge in [0.05, 0.1) is 12.2 Å². The molecule has 0 aliphatic rings. The van der Waals surface area contributed by atoms with E-state index < -0.39 is 12.2 Å². The Kier molecular flexibility index (Phi) is 5.54. The fourth-order valence-electron chi connectivity index (χ4n) is 1.43. The SMILES string of the molecule is C=CC[C@H](O)/C=C/C[C@H](O)c1ccccc1. The number of hydrogen-bond acceptors (Lipinski definition) is 2. The van der Waals surface area contributed by atoms with Crippen molar-refractivity contribution in [3.63, 3.8) is 0 Å². The zero-order valence-electron chi connectivity index (χ0n) is 9.29. The van der Waals surface area contributed by atoms with Gasteiger partial charge >= 0.3 is 0 Å². The molecule has 0 bridgehead atoms. The summed E-state index contributed by atoms with van der Waals surface area (Å²) in [6.07, 6.45) is 5.20. The Morgan fingerprint density at radius 3 is 2.44 bits per heavy atom. The van der Waals surface area contributed by atoms with Crippen molar-refractivity contribution >= 4 is 0 Å². The average Bonchev–Trinajstić information content (AvgIpc) is 2.30. The van der Waals surface area contributed by atoms with E-state index in [9.17, 15) is 10.2 Å². The zero-order chi connectivity index (χ0) is 11.8. The maximum atomic E-state index is 9.81. The van der Waals surface area contributed by atoms with Crippen molar-refractivity contribution in [2.24, 2.45) is 0 Å². The van der Waals surface area contributed by atoms with Gasteiger partial charge in [0.25, 0.3) is 0 Å². The van der Waals surface area contributed by atoms with Crippen LogP contribution in [0.5, 0.6) is 0 Å². The second-order valence-electron chi connectivity index (χ2n) is 3.68. The van der Waals surface area contributed by atoms with Crippen molar-refractivity contribution in [2.75, 3.05) is 0 Å². The minimum Gasteiger partial charge on any atom is -0.389 e. The van der Waals surface area contributed by atoms with Crippen LogP contribution in [-0.4, -0.2) is 16.3 Å². The lowest BCUT2D eigenvalue weighted by atomic mass is 10.1. The molecule has 0 aliphatic carbocycles. The highest BCUT2D eigenvalue weighted by Gasteiger charge is 2.04. The highest BCUT2D eigenvalue weighted by Crippen LogP contribution is 2.16. The lowest BCUT2D eigenvalue weighted by Gasteiger charge is -2.08. The van der Waals surface area contributed by atoms with Gasteiger partial charge in [0, 0.05) is 0 Å². The van der Waals surface area contributed by atoms with Gasteiger partial charge in [-0.15, -0.1) is 6.58 Å². The smallest absolute Gasteiger partial charge is 0.0824 e. The molecular formula is C14H18O2. The van der Waals surface area contributed by atoms with Crippen molar-refractivity contribution < 1.29 is 10.2 Å². The molecule has 0 amide bonds. The Balaban J connectivity index is 2.41. The summed E-state index contributed by atoms with van der Waals surface area (Å²) in [6.45, 7) is 3.55. The molecule has 0 fully saturated rings. The van der Waals surface area contributed by atoms with E-state index in [1.165, 1.54) is 0 Å². The predicted molar refractivity (Wildman–Crippen MR) is 66.0 cm³/mol. The van der Waals surface area contributed by atoms with Crippen LogP contribution in [0, 0.1) is 0 Å². The normalized spacial score (nSPS) is 14.9. The molecule has 1 rings (SSSR count). The van der Waals surface area contributed by atoms with Crippen molar-refractivity contribution in [1.82, 2.24) is 0 Å². The molecule has 1 aromatic rings. The number of aliphatic hydroxyl groups excluding tert-OH is 2. The van der Waals surface area contributed by atoms with Crippen LogP contribution >= 0.6 is 0 Å². The first-order chi connectivity index (χ1) is 7.74. The second kappa shape index (κ2) is 6.99. The molecule has 0 aliphatic heterocycles. The van der Waals surface area contributed by atoms with Crippen LogP contribution in [0.25, 0.3) is 0 Å². The minimum absolute atomic E-state index is 0.500. The highest BCUT2D eigenvalue weighted by atomic mass is 16.3. The van der Waals surface area contributed by atoms with Crippen molar-refractivity contribution in [2.45, 2.75) is 25.0 Å². The van der Waals surface area contributed by atoms with Crippen molar-refractivity contribution in [3.05, 3.63) is 60.7 Å². The Labute approximate surface area is 96.6 Å². The van der Waals surface area contributed by atoms with E-state index in [0.29, 0.717) is 12.8 Å². The topological polar surface area (TPSA) is 40.5 Å². The molecule has 0 heterocycles. The van der Waals surface area contributed by atoms with Gasteiger partial charge in [0.1, 0.15) is 0 Å². The molecule has 0 saturated heterocycles. The third-order valence-corrected chi connectivity index (χ3v) is 2.31. The molecule has 86 valence electrons. The molecule has 0 radical (unpaired) electrons.